The second-order valence-corrected chi connectivity index (χ2v) is 6.80. The number of hydrogen-bond donors (Lipinski definition) is 2. The van der Waals surface area contributed by atoms with Gasteiger partial charge in [-0.2, -0.15) is 0 Å². The van der Waals surface area contributed by atoms with Crippen LogP contribution in [0.5, 0.6) is 0 Å². The predicted molar refractivity (Wildman–Crippen MR) is 86.2 cm³/mol. The van der Waals surface area contributed by atoms with Gasteiger partial charge in [-0.15, -0.1) is 0 Å². The Bertz CT molecular complexity index is 513. The summed E-state index contributed by atoms with van der Waals surface area (Å²) in [5.41, 5.74) is 7.31. The third-order valence-electron chi connectivity index (χ3n) is 4.65. The lowest BCUT2D eigenvalue weighted by atomic mass is 9.79. The van der Waals surface area contributed by atoms with Gasteiger partial charge in [0, 0.05) is 17.3 Å². The number of pyridine rings is 1. The number of nitrogen functional groups attached to an aromatic ring is 1. The van der Waals surface area contributed by atoms with Crippen molar-refractivity contribution in [2.75, 3.05) is 5.73 Å². The Labute approximate surface area is 127 Å². The molecule has 0 radical (unpaired) electrons. The van der Waals surface area contributed by atoms with Gasteiger partial charge in [-0.1, -0.05) is 27.7 Å². The summed E-state index contributed by atoms with van der Waals surface area (Å²) < 4.78 is 0. The number of carbonyl (C=O) groups excluding carboxylic acids is 1. The van der Waals surface area contributed by atoms with E-state index in [9.17, 15) is 4.79 Å². The van der Waals surface area contributed by atoms with E-state index in [1.807, 2.05) is 19.9 Å². The summed E-state index contributed by atoms with van der Waals surface area (Å²) in [4.78, 5) is 16.7. The molecule has 1 aromatic rings. The third kappa shape index (κ3) is 3.96. The summed E-state index contributed by atoms with van der Waals surface area (Å²) in [5, 5.41) is 3.16. The fraction of sp³-hybridized carbons (Fsp3) is 0.647. The molecule has 1 saturated carbocycles. The van der Waals surface area contributed by atoms with Crippen molar-refractivity contribution in [3.8, 4) is 0 Å². The van der Waals surface area contributed by atoms with E-state index in [4.69, 9.17) is 5.73 Å². The molecule has 1 aromatic heterocycles. The quantitative estimate of drug-likeness (QED) is 0.896. The van der Waals surface area contributed by atoms with Crippen molar-refractivity contribution >= 4 is 11.7 Å². The van der Waals surface area contributed by atoms with E-state index in [1.54, 1.807) is 6.07 Å². The summed E-state index contributed by atoms with van der Waals surface area (Å²) >= 11 is 0. The minimum atomic E-state index is -0.0299. The van der Waals surface area contributed by atoms with Crippen LogP contribution in [-0.2, 0) is 0 Å². The fourth-order valence-corrected chi connectivity index (χ4v) is 2.95. The Morgan fingerprint density at radius 2 is 2.00 bits per heavy atom. The molecular formula is C17H27N3O. The molecule has 0 bridgehead atoms. The van der Waals surface area contributed by atoms with Crippen LogP contribution in [0.25, 0.3) is 0 Å². The number of amides is 1. The minimum Gasteiger partial charge on any atom is -0.384 e. The van der Waals surface area contributed by atoms with Crippen LogP contribution in [0.4, 0.5) is 5.82 Å². The second kappa shape index (κ2) is 6.46. The van der Waals surface area contributed by atoms with Crippen LogP contribution in [0, 0.1) is 11.8 Å². The first kappa shape index (κ1) is 15.8. The summed E-state index contributed by atoms with van der Waals surface area (Å²) in [6, 6.07) is 3.79. The van der Waals surface area contributed by atoms with Crippen molar-refractivity contribution in [3.63, 3.8) is 0 Å². The molecule has 0 aliphatic heterocycles. The lowest BCUT2D eigenvalue weighted by Crippen LogP contribution is -2.39. The highest BCUT2D eigenvalue weighted by molar-refractivity contribution is 5.95. The molecule has 21 heavy (non-hydrogen) atoms. The highest BCUT2D eigenvalue weighted by Gasteiger charge is 2.26. The first-order valence-electron chi connectivity index (χ1n) is 7.95. The van der Waals surface area contributed by atoms with Gasteiger partial charge in [-0.05, 0) is 49.1 Å². The molecule has 116 valence electrons. The van der Waals surface area contributed by atoms with E-state index < -0.39 is 0 Å². The average Bonchev–Trinajstić information content (AvgIpc) is 2.42. The molecule has 1 heterocycles. The highest BCUT2D eigenvalue weighted by atomic mass is 16.1. The molecule has 2 rings (SSSR count). The smallest absolute Gasteiger partial charge is 0.251 e. The fourth-order valence-electron chi connectivity index (χ4n) is 2.95. The zero-order chi connectivity index (χ0) is 15.6. The van der Waals surface area contributed by atoms with Gasteiger partial charge < -0.3 is 11.1 Å². The van der Waals surface area contributed by atoms with Crippen molar-refractivity contribution in [1.82, 2.24) is 10.3 Å². The van der Waals surface area contributed by atoms with Crippen LogP contribution in [0.15, 0.2) is 12.1 Å². The van der Waals surface area contributed by atoms with Crippen molar-refractivity contribution < 1.29 is 4.79 Å². The average molecular weight is 289 g/mol. The molecule has 1 fully saturated rings. The van der Waals surface area contributed by atoms with Gasteiger partial charge in [-0.25, -0.2) is 4.98 Å². The largest absolute Gasteiger partial charge is 0.384 e. The Kier molecular flexibility index (Phi) is 4.86. The number of hydrogen-bond acceptors (Lipinski definition) is 3. The van der Waals surface area contributed by atoms with E-state index in [2.05, 4.69) is 24.1 Å². The van der Waals surface area contributed by atoms with Crippen molar-refractivity contribution in [1.29, 1.82) is 0 Å². The van der Waals surface area contributed by atoms with Crippen LogP contribution in [0.3, 0.4) is 0 Å². The summed E-state index contributed by atoms with van der Waals surface area (Å²) in [6.45, 7) is 8.66. The van der Waals surface area contributed by atoms with E-state index in [0.717, 1.165) is 24.5 Å². The van der Waals surface area contributed by atoms with Crippen LogP contribution in [0.1, 0.15) is 68.9 Å². The van der Waals surface area contributed by atoms with E-state index >= 15 is 0 Å². The molecule has 4 heteroatoms. The SMILES string of the molecule is CC(C)c1cc(C(=O)NC2CCC(C)C(C)C2)cc(N)n1. The maximum absolute atomic E-state index is 12.4. The molecule has 3 unspecified atom stereocenters. The molecule has 1 aliphatic rings. The van der Waals surface area contributed by atoms with E-state index in [0.29, 0.717) is 17.3 Å². The Hall–Kier alpha value is -1.58. The number of aromatic nitrogens is 1. The molecule has 0 aromatic carbocycles. The first-order valence-corrected chi connectivity index (χ1v) is 7.95. The van der Waals surface area contributed by atoms with Gasteiger partial charge in [0.1, 0.15) is 5.82 Å². The maximum Gasteiger partial charge on any atom is 0.251 e. The van der Waals surface area contributed by atoms with Crippen LogP contribution in [0.2, 0.25) is 0 Å². The topological polar surface area (TPSA) is 68.0 Å². The molecular weight excluding hydrogens is 262 g/mol. The Morgan fingerprint density at radius 3 is 2.62 bits per heavy atom. The summed E-state index contributed by atoms with van der Waals surface area (Å²) in [7, 11) is 0. The standard InChI is InChI=1S/C17H27N3O/c1-10(2)15-8-13(9-16(18)20-15)17(21)19-14-6-5-11(3)12(4)7-14/h8-12,14H,5-7H2,1-4H3,(H2,18,20)(H,19,21). The predicted octanol–water partition coefficient (Wildman–Crippen LogP) is 3.34. The number of rotatable bonds is 3. The van der Waals surface area contributed by atoms with Crippen LogP contribution < -0.4 is 11.1 Å². The van der Waals surface area contributed by atoms with Gasteiger partial charge in [0.05, 0.1) is 0 Å². The summed E-state index contributed by atoms with van der Waals surface area (Å²) in [6.07, 6.45) is 3.31. The van der Waals surface area contributed by atoms with Gasteiger partial charge >= 0.3 is 0 Å². The highest BCUT2D eigenvalue weighted by Crippen LogP contribution is 2.29. The molecule has 0 spiro atoms. The number of carbonyl (C=O) groups is 1. The minimum absolute atomic E-state index is 0.0299. The number of nitrogens with zero attached hydrogens (tertiary/aromatic N) is 1. The number of nitrogens with two attached hydrogens (primary N) is 1. The lowest BCUT2D eigenvalue weighted by molar-refractivity contribution is 0.0910. The third-order valence-corrected chi connectivity index (χ3v) is 4.65. The lowest BCUT2D eigenvalue weighted by Gasteiger charge is -2.32. The Balaban J connectivity index is 2.07. The van der Waals surface area contributed by atoms with Crippen molar-refractivity contribution in [2.24, 2.45) is 11.8 Å². The van der Waals surface area contributed by atoms with E-state index in [1.165, 1.54) is 6.42 Å². The number of nitrogens with one attached hydrogen (secondary N) is 1. The second-order valence-electron chi connectivity index (χ2n) is 6.80. The van der Waals surface area contributed by atoms with Crippen LogP contribution >= 0.6 is 0 Å². The van der Waals surface area contributed by atoms with Gasteiger partial charge in [-0.3, -0.25) is 4.79 Å². The zero-order valence-electron chi connectivity index (χ0n) is 13.5. The van der Waals surface area contributed by atoms with Gasteiger partial charge in [0.15, 0.2) is 0 Å². The molecule has 1 amide bonds. The maximum atomic E-state index is 12.4. The first-order chi connectivity index (χ1) is 9.86. The number of anilines is 1. The Morgan fingerprint density at radius 1 is 1.29 bits per heavy atom. The molecule has 3 atom stereocenters. The van der Waals surface area contributed by atoms with E-state index in [-0.39, 0.29) is 17.9 Å². The molecule has 0 saturated heterocycles. The zero-order valence-corrected chi connectivity index (χ0v) is 13.5. The van der Waals surface area contributed by atoms with Gasteiger partial charge in [0.2, 0.25) is 0 Å². The molecule has 1 aliphatic carbocycles. The summed E-state index contributed by atoms with van der Waals surface area (Å²) in [5.74, 6) is 2.06. The molecule has 3 N–H and O–H groups in total. The van der Waals surface area contributed by atoms with Crippen molar-refractivity contribution in [2.45, 2.75) is 58.9 Å². The molecule has 4 nitrogen and oxygen atoms in total. The normalized spacial score (nSPS) is 25.9. The monoisotopic (exact) mass is 289 g/mol. The van der Waals surface area contributed by atoms with Crippen LogP contribution in [-0.4, -0.2) is 16.9 Å². The van der Waals surface area contributed by atoms with Gasteiger partial charge in [0.25, 0.3) is 5.91 Å². The van der Waals surface area contributed by atoms with Crippen molar-refractivity contribution in [3.05, 3.63) is 23.4 Å².